The number of benzene rings is 1. The van der Waals surface area contributed by atoms with Gasteiger partial charge >= 0.3 is 0 Å². The lowest BCUT2D eigenvalue weighted by Crippen LogP contribution is -2.48. The minimum atomic E-state index is 0.198. The Labute approximate surface area is 140 Å². The molecule has 1 fully saturated rings. The van der Waals surface area contributed by atoms with E-state index in [2.05, 4.69) is 48.3 Å². The predicted molar refractivity (Wildman–Crippen MR) is 95.6 cm³/mol. The van der Waals surface area contributed by atoms with Crippen molar-refractivity contribution in [3.8, 4) is 0 Å². The van der Waals surface area contributed by atoms with E-state index in [0.717, 1.165) is 32.4 Å². The van der Waals surface area contributed by atoms with Crippen LogP contribution in [0, 0.1) is 6.92 Å². The van der Waals surface area contributed by atoms with E-state index in [0.29, 0.717) is 18.6 Å². The van der Waals surface area contributed by atoms with Crippen LogP contribution in [0.25, 0.3) is 0 Å². The molecule has 1 N–H and O–H groups in total. The van der Waals surface area contributed by atoms with Gasteiger partial charge in [-0.05, 0) is 44.2 Å². The van der Waals surface area contributed by atoms with Gasteiger partial charge in [-0.2, -0.15) is 0 Å². The number of amides is 1. The Hall–Kier alpha value is -1.39. The molecule has 1 saturated heterocycles. The van der Waals surface area contributed by atoms with Gasteiger partial charge in [-0.15, -0.1) is 0 Å². The number of hydrogen-bond acceptors (Lipinski definition) is 3. The monoisotopic (exact) mass is 317 g/mol. The third kappa shape index (κ3) is 5.63. The summed E-state index contributed by atoms with van der Waals surface area (Å²) in [5.41, 5.74) is 2.81. The number of hydrogen-bond donors (Lipinski definition) is 1. The summed E-state index contributed by atoms with van der Waals surface area (Å²) in [6, 6.07) is 9.68. The van der Waals surface area contributed by atoms with E-state index in [4.69, 9.17) is 0 Å². The molecule has 0 spiro atoms. The fourth-order valence-electron chi connectivity index (χ4n) is 3.22. The quantitative estimate of drug-likeness (QED) is 0.872. The van der Waals surface area contributed by atoms with Gasteiger partial charge in [0, 0.05) is 39.3 Å². The number of piperidine rings is 1. The molecule has 4 nitrogen and oxygen atoms in total. The van der Waals surface area contributed by atoms with E-state index in [1.165, 1.54) is 11.1 Å². The van der Waals surface area contributed by atoms with Crippen molar-refractivity contribution in [2.24, 2.45) is 0 Å². The average Bonchev–Trinajstić information content (AvgIpc) is 2.51. The third-order valence-corrected chi connectivity index (χ3v) is 4.75. The lowest BCUT2D eigenvalue weighted by Gasteiger charge is -2.34. The van der Waals surface area contributed by atoms with Crippen LogP contribution in [0.1, 0.15) is 30.9 Å². The predicted octanol–water partition coefficient (Wildman–Crippen LogP) is 2.07. The molecule has 128 valence electrons. The van der Waals surface area contributed by atoms with Crippen molar-refractivity contribution >= 4 is 5.91 Å². The smallest absolute Gasteiger partial charge is 0.236 e. The molecule has 1 amide bonds. The van der Waals surface area contributed by atoms with Gasteiger partial charge in [0.1, 0.15) is 0 Å². The van der Waals surface area contributed by atoms with E-state index >= 15 is 0 Å². The molecule has 1 aromatic carbocycles. The fourth-order valence-corrected chi connectivity index (χ4v) is 3.22. The summed E-state index contributed by atoms with van der Waals surface area (Å²) in [6.07, 6.45) is 3.32. The van der Waals surface area contributed by atoms with Gasteiger partial charge in [0.15, 0.2) is 0 Å². The maximum atomic E-state index is 11.8. The first-order valence-electron chi connectivity index (χ1n) is 8.68. The molecule has 0 bridgehead atoms. The van der Waals surface area contributed by atoms with Gasteiger partial charge in [0.25, 0.3) is 0 Å². The first-order valence-corrected chi connectivity index (χ1v) is 8.68. The van der Waals surface area contributed by atoms with Crippen LogP contribution in [0.2, 0.25) is 0 Å². The number of carbonyl (C=O) groups excluding carboxylic acids is 1. The van der Waals surface area contributed by atoms with Gasteiger partial charge in [0.2, 0.25) is 5.91 Å². The Morgan fingerprint density at radius 3 is 2.57 bits per heavy atom. The molecule has 1 atom stereocenters. The van der Waals surface area contributed by atoms with Crippen molar-refractivity contribution in [2.75, 3.05) is 33.7 Å². The molecule has 2 rings (SSSR count). The van der Waals surface area contributed by atoms with Gasteiger partial charge < -0.3 is 10.2 Å². The number of rotatable bonds is 6. The number of nitrogens with zero attached hydrogens (tertiary/aromatic N) is 2. The fraction of sp³-hybridized carbons (Fsp3) is 0.632. The van der Waals surface area contributed by atoms with E-state index in [1.54, 1.807) is 4.90 Å². The molecule has 0 aromatic heterocycles. The molecule has 1 unspecified atom stereocenters. The van der Waals surface area contributed by atoms with Crippen molar-refractivity contribution in [1.29, 1.82) is 0 Å². The summed E-state index contributed by atoms with van der Waals surface area (Å²) in [5.74, 6) is 0.198. The second-order valence-electron chi connectivity index (χ2n) is 7.04. The zero-order valence-corrected chi connectivity index (χ0v) is 15.0. The highest BCUT2D eigenvalue weighted by atomic mass is 16.2. The van der Waals surface area contributed by atoms with E-state index in [1.807, 2.05) is 14.1 Å². The molecule has 0 radical (unpaired) electrons. The number of likely N-dealkylation sites (tertiary alicyclic amines) is 1. The summed E-state index contributed by atoms with van der Waals surface area (Å²) >= 11 is 0. The molecule has 1 aliphatic rings. The molecule has 1 heterocycles. The number of carbonyl (C=O) groups is 1. The lowest BCUT2D eigenvalue weighted by molar-refractivity contribution is -0.130. The molecule has 23 heavy (non-hydrogen) atoms. The van der Waals surface area contributed by atoms with Gasteiger partial charge in [0.05, 0.1) is 6.54 Å². The normalized spacial score (nSPS) is 17.9. The topological polar surface area (TPSA) is 35.6 Å². The van der Waals surface area contributed by atoms with Crippen molar-refractivity contribution in [2.45, 2.75) is 45.2 Å². The molecular weight excluding hydrogens is 286 g/mol. The second kappa shape index (κ2) is 8.46. The van der Waals surface area contributed by atoms with Crippen LogP contribution < -0.4 is 5.32 Å². The van der Waals surface area contributed by atoms with E-state index in [-0.39, 0.29) is 5.91 Å². The van der Waals surface area contributed by atoms with Crippen LogP contribution in [0.4, 0.5) is 0 Å². The lowest BCUT2D eigenvalue weighted by atomic mass is 9.99. The summed E-state index contributed by atoms with van der Waals surface area (Å²) in [5, 5.41) is 3.77. The molecular formula is C19H31N3O. The van der Waals surface area contributed by atoms with Crippen molar-refractivity contribution in [1.82, 2.24) is 15.1 Å². The van der Waals surface area contributed by atoms with Crippen LogP contribution in [0.15, 0.2) is 24.3 Å². The maximum absolute atomic E-state index is 11.8. The minimum Gasteiger partial charge on any atom is -0.348 e. The van der Waals surface area contributed by atoms with Crippen LogP contribution in [0.5, 0.6) is 0 Å². The van der Waals surface area contributed by atoms with Crippen LogP contribution in [0.3, 0.4) is 0 Å². The standard InChI is InChI=1S/C19H31N3O/c1-15-7-5-6-8-17(15)13-16(2)20-18-9-11-22(12-10-18)14-19(23)21(3)4/h5-8,16,18,20H,9-14H2,1-4H3. The van der Waals surface area contributed by atoms with Crippen LogP contribution in [-0.4, -0.2) is 61.5 Å². The van der Waals surface area contributed by atoms with E-state index < -0.39 is 0 Å². The van der Waals surface area contributed by atoms with E-state index in [9.17, 15) is 4.79 Å². The molecule has 0 aliphatic carbocycles. The van der Waals surface area contributed by atoms with Crippen LogP contribution in [-0.2, 0) is 11.2 Å². The Morgan fingerprint density at radius 2 is 1.96 bits per heavy atom. The summed E-state index contributed by atoms with van der Waals surface area (Å²) in [6.45, 7) is 7.03. The number of likely N-dealkylation sites (N-methyl/N-ethyl adjacent to an activating group) is 1. The molecule has 0 saturated carbocycles. The second-order valence-corrected chi connectivity index (χ2v) is 7.04. The summed E-state index contributed by atoms with van der Waals surface area (Å²) in [4.78, 5) is 15.7. The Balaban J connectivity index is 1.73. The van der Waals surface area contributed by atoms with Gasteiger partial charge in [-0.3, -0.25) is 9.69 Å². The molecule has 1 aliphatic heterocycles. The highest BCUT2D eigenvalue weighted by molar-refractivity contribution is 5.77. The Morgan fingerprint density at radius 1 is 1.30 bits per heavy atom. The third-order valence-electron chi connectivity index (χ3n) is 4.75. The Bertz CT molecular complexity index is 507. The zero-order valence-electron chi connectivity index (χ0n) is 15.0. The SMILES string of the molecule is Cc1ccccc1CC(C)NC1CCN(CC(=O)N(C)C)CC1. The maximum Gasteiger partial charge on any atom is 0.236 e. The van der Waals surface area contributed by atoms with Crippen LogP contribution >= 0.6 is 0 Å². The molecule has 4 heteroatoms. The Kier molecular flexibility index (Phi) is 6.60. The largest absolute Gasteiger partial charge is 0.348 e. The zero-order chi connectivity index (χ0) is 16.8. The van der Waals surface area contributed by atoms with Gasteiger partial charge in [-0.1, -0.05) is 24.3 Å². The highest BCUT2D eigenvalue weighted by Crippen LogP contribution is 2.14. The van der Waals surface area contributed by atoms with Crippen molar-refractivity contribution in [3.63, 3.8) is 0 Å². The summed E-state index contributed by atoms with van der Waals surface area (Å²) < 4.78 is 0. The first-order chi connectivity index (χ1) is 11.0. The summed E-state index contributed by atoms with van der Waals surface area (Å²) in [7, 11) is 3.65. The number of nitrogens with one attached hydrogen (secondary N) is 1. The number of aryl methyl sites for hydroxylation is 1. The minimum absolute atomic E-state index is 0.198. The first kappa shape index (κ1) is 18.0. The molecule has 1 aromatic rings. The average molecular weight is 317 g/mol. The van der Waals surface area contributed by atoms with Gasteiger partial charge in [-0.25, -0.2) is 0 Å². The van der Waals surface area contributed by atoms with Crippen molar-refractivity contribution in [3.05, 3.63) is 35.4 Å². The van der Waals surface area contributed by atoms with Crippen molar-refractivity contribution < 1.29 is 4.79 Å². The highest BCUT2D eigenvalue weighted by Gasteiger charge is 2.22.